The third kappa shape index (κ3) is 9.36. The summed E-state index contributed by atoms with van der Waals surface area (Å²) in [6.45, 7) is 5.50. The van der Waals surface area contributed by atoms with Crippen molar-refractivity contribution < 1.29 is 18.0 Å². The van der Waals surface area contributed by atoms with Crippen LogP contribution in [0.1, 0.15) is 30.5 Å². The summed E-state index contributed by atoms with van der Waals surface area (Å²) in [5, 5.41) is 4.13. The van der Waals surface area contributed by atoms with E-state index in [1.54, 1.807) is 43.3 Å². The summed E-state index contributed by atoms with van der Waals surface area (Å²) in [6.07, 6.45) is 1.24. The van der Waals surface area contributed by atoms with Crippen molar-refractivity contribution in [3.05, 3.63) is 98.5 Å². The molecule has 3 aromatic carbocycles. The first-order valence-corrected chi connectivity index (χ1v) is 16.0. The average molecular weight is 639 g/mol. The highest BCUT2D eigenvalue weighted by atomic mass is 35.5. The molecule has 220 valence electrons. The number of rotatable bonds is 12. The molecule has 0 radical (unpaired) electrons. The molecule has 0 saturated carbocycles. The second-order valence-corrected chi connectivity index (χ2v) is 13.5. The van der Waals surface area contributed by atoms with Gasteiger partial charge in [-0.3, -0.25) is 13.9 Å². The molecule has 3 aromatic rings. The fraction of sp³-hybridized carbons (Fsp3) is 0.333. The smallest absolute Gasteiger partial charge is 0.244 e. The molecule has 0 aromatic heterocycles. The molecule has 0 spiro atoms. The lowest BCUT2D eigenvalue weighted by atomic mass is 10.0. The Balaban J connectivity index is 2.09. The maximum atomic E-state index is 14.2. The van der Waals surface area contributed by atoms with E-state index in [0.717, 1.165) is 16.1 Å². The molecule has 1 atom stereocenters. The van der Waals surface area contributed by atoms with Gasteiger partial charge in [-0.1, -0.05) is 85.0 Å². The lowest BCUT2D eigenvalue weighted by Gasteiger charge is -2.34. The first kappa shape index (κ1) is 32.7. The minimum absolute atomic E-state index is 0.0430. The fourth-order valence-electron chi connectivity index (χ4n) is 4.30. The molecular formula is C30H34Cl3N3O4S. The summed E-state index contributed by atoms with van der Waals surface area (Å²) in [5.74, 6) is -0.745. The van der Waals surface area contributed by atoms with Crippen LogP contribution in [0.4, 0.5) is 5.69 Å². The number of hydrogen-bond donors (Lipinski definition) is 1. The number of nitrogens with zero attached hydrogens (tertiary/aromatic N) is 2. The summed E-state index contributed by atoms with van der Waals surface area (Å²) in [6, 6.07) is 18.0. The molecule has 1 N–H and O–H groups in total. The monoisotopic (exact) mass is 637 g/mol. The van der Waals surface area contributed by atoms with Crippen LogP contribution >= 0.6 is 34.8 Å². The van der Waals surface area contributed by atoms with Crippen LogP contribution in [0.15, 0.2) is 66.7 Å². The Bertz CT molecular complexity index is 1480. The van der Waals surface area contributed by atoms with Crippen molar-refractivity contribution in [2.45, 2.75) is 39.8 Å². The van der Waals surface area contributed by atoms with Gasteiger partial charge in [0, 0.05) is 34.6 Å². The molecule has 3 rings (SSSR count). The molecule has 0 unspecified atom stereocenters. The van der Waals surface area contributed by atoms with Gasteiger partial charge < -0.3 is 10.2 Å². The van der Waals surface area contributed by atoms with Crippen LogP contribution in [0.3, 0.4) is 0 Å². The van der Waals surface area contributed by atoms with Crippen LogP contribution in [-0.4, -0.2) is 50.5 Å². The standard InChI is InChI=1S/C30H34Cl3N3O4S/c1-20(2)17-34-30(38)28(15-22-8-6-5-7-9-22)35(18-23-10-11-25(32)16-26(23)33)29(37)19-36(41(4,39)40)27-13-12-24(31)14-21(27)3/h5-14,16,20,28H,15,17-19H2,1-4H3,(H,34,38)/t28-/m1/s1. The molecule has 0 fully saturated rings. The molecule has 0 saturated heterocycles. The summed E-state index contributed by atoms with van der Waals surface area (Å²) < 4.78 is 26.9. The Morgan fingerprint density at radius 2 is 1.56 bits per heavy atom. The Kier molecular flexibility index (Phi) is 11.5. The molecule has 0 aliphatic rings. The van der Waals surface area contributed by atoms with Gasteiger partial charge in [0.25, 0.3) is 0 Å². The quantitative estimate of drug-likeness (QED) is 0.259. The Morgan fingerprint density at radius 3 is 2.15 bits per heavy atom. The minimum Gasteiger partial charge on any atom is -0.354 e. The summed E-state index contributed by atoms with van der Waals surface area (Å²) in [4.78, 5) is 29.2. The summed E-state index contributed by atoms with van der Waals surface area (Å²) in [7, 11) is -3.90. The van der Waals surface area contributed by atoms with E-state index in [0.29, 0.717) is 38.4 Å². The van der Waals surface area contributed by atoms with Crippen molar-refractivity contribution in [2.75, 3.05) is 23.7 Å². The van der Waals surface area contributed by atoms with E-state index in [4.69, 9.17) is 34.8 Å². The Labute approximate surface area is 257 Å². The highest BCUT2D eigenvalue weighted by molar-refractivity contribution is 7.92. The predicted molar refractivity (Wildman–Crippen MR) is 167 cm³/mol. The number of nitrogens with one attached hydrogen (secondary N) is 1. The van der Waals surface area contributed by atoms with Crippen molar-refractivity contribution in [2.24, 2.45) is 5.92 Å². The van der Waals surface area contributed by atoms with Gasteiger partial charge in [0.05, 0.1) is 11.9 Å². The number of benzene rings is 3. The fourth-order valence-corrected chi connectivity index (χ4v) is 5.91. The first-order valence-electron chi connectivity index (χ1n) is 13.0. The maximum Gasteiger partial charge on any atom is 0.244 e. The Morgan fingerprint density at radius 1 is 0.927 bits per heavy atom. The van der Waals surface area contributed by atoms with Gasteiger partial charge in [-0.15, -0.1) is 0 Å². The summed E-state index contributed by atoms with van der Waals surface area (Å²) >= 11 is 18.7. The van der Waals surface area contributed by atoms with E-state index < -0.39 is 28.5 Å². The molecule has 0 aliphatic heterocycles. The van der Waals surface area contributed by atoms with Crippen molar-refractivity contribution in [1.29, 1.82) is 0 Å². The SMILES string of the molecule is Cc1cc(Cl)ccc1N(CC(=O)N(Cc1ccc(Cl)cc1Cl)[C@H](Cc1ccccc1)C(=O)NCC(C)C)S(C)(=O)=O. The van der Waals surface area contributed by atoms with Gasteiger partial charge in [-0.05, 0) is 59.9 Å². The van der Waals surface area contributed by atoms with Crippen LogP contribution in [0.2, 0.25) is 15.1 Å². The lowest BCUT2D eigenvalue weighted by molar-refractivity contribution is -0.140. The molecule has 0 bridgehead atoms. The zero-order chi connectivity index (χ0) is 30.3. The molecular weight excluding hydrogens is 605 g/mol. The summed E-state index contributed by atoms with van der Waals surface area (Å²) in [5.41, 5.74) is 2.30. The van der Waals surface area contributed by atoms with E-state index >= 15 is 0 Å². The number of carbonyl (C=O) groups excluding carboxylic acids is 2. The molecule has 11 heteroatoms. The highest BCUT2D eigenvalue weighted by Gasteiger charge is 2.33. The molecule has 7 nitrogen and oxygen atoms in total. The van der Waals surface area contributed by atoms with Crippen molar-refractivity contribution in [3.8, 4) is 0 Å². The average Bonchev–Trinajstić information content (AvgIpc) is 2.89. The zero-order valence-corrected chi connectivity index (χ0v) is 26.5. The van der Waals surface area contributed by atoms with Crippen LogP contribution < -0.4 is 9.62 Å². The number of carbonyl (C=O) groups is 2. The van der Waals surface area contributed by atoms with Crippen LogP contribution in [0, 0.1) is 12.8 Å². The van der Waals surface area contributed by atoms with Crippen LogP contribution in [0.25, 0.3) is 0 Å². The normalized spacial score (nSPS) is 12.2. The van der Waals surface area contributed by atoms with E-state index in [9.17, 15) is 18.0 Å². The predicted octanol–water partition coefficient (Wildman–Crippen LogP) is 6.13. The third-order valence-corrected chi connectivity index (χ3v) is 8.37. The lowest BCUT2D eigenvalue weighted by Crippen LogP contribution is -2.53. The van der Waals surface area contributed by atoms with E-state index in [-0.39, 0.29) is 24.8 Å². The highest BCUT2D eigenvalue weighted by Crippen LogP contribution is 2.28. The molecule has 0 heterocycles. The second-order valence-electron chi connectivity index (χ2n) is 10.3. The molecule has 0 aliphatic carbocycles. The van der Waals surface area contributed by atoms with Gasteiger partial charge >= 0.3 is 0 Å². The van der Waals surface area contributed by atoms with Gasteiger partial charge in [0.1, 0.15) is 12.6 Å². The van der Waals surface area contributed by atoms with E-state index in [1.165, 1.54) is 4.90 Å². The van der Waals surface area contributed by atoms with Crippen molar-refractivity contribution in [3.63, 3.8) is 0 Å². The van der Waals surface area contributed by atoms with Gasteiger partial charge in [0.2, 0.25) is 21.8 Å². The van der Waals surface area contributed by atoms with E-state index in [1.807, 2.05) is 44.2 Å². The van der Waals surface area contributed by atoms with Gasteiger partial charge in [0.15, 0.2) is 0 Å². The van der Waals surface area contributed by atoms with Crippen LogP contribution in [0.5, 0.6) is 0 Å². The number of anilines is 1. The Hall–Kier alpha value is -2.78. The first-order chi connectivity index (χ1) is 19.3. The number of hydrogen-bond acceptors (Lipinski definition) is 4. The molecule has 41 heavy (non-hydrogen) atoms. The van der Waals surface area contributed by atoms with E-state index in [2.05, 4.69) is 5.32 Å². The van der Waals surface area contributed by atoms with Crippen molar-refractivity contribution >= 4 is 62.3 Å². The van der Waals surface area contributed by atoms with Crippen LogP contribution in [-0.2, 0) is 32.6 Å². The molecule has 2 amide bonds. The number of sulfonamides is 1. The second kappa shape index (κ2) is 14.4. The third-order valence-electron chi connectivity index (χ3n) is 6.42. The maximum absolute atomic E-state index is 14.2. The van der Waals surface area contributed by atoms with Gasteiger partial charge in [-0.25, -0.2) is 8.42 Å². The van der Waals surface area contributed by atoms with Gasteiger partial charge in [-0.2, -0.15) is 0 Å². The van der Waals surface area contributed by atoms with Crippen molar-refractivity contribution in [1.82, 2.24) is 10.2 Å². The number of amides is 2. The topological polar surface area (TPSA) is 86.8 Å². The number of halogens is 3. The largest absolute Gasteiger partial charge is 0.354 e. The number of aryl methyl sites for hydroxylation is 1. The zero-order valence-electron chi connectivity index (χ0n) is 23.4. The minimum atomic E-state index is -3.90.